The number of aliphatic hydroxyl groups excluding tert-OH is 3. The van der Waals surface area contributed by atoms with Gasteiger partial charge in [-0.2, -0.15) is 0 Å². The summed E-state index contributed by atoms with van der Waals surface area (Å²) in [7, 11) is 0. The van der Waals surface area contributed by atoms with E-state index in [-0.39, 0.29) is 34.1 Å². The monoisotopic (exact) mass is 611 g/mol. The average Bonchev–Trinajstić information content (AvgIpc) is 2.98. The zero-order valence-corrected chi connectivity index (χ0v) is 22.5. The summed E-state index contributed by atoms with van der Waals surface area (Å²) >= 11 is 0. The number of phenols is 5. The van der Waals surface area contributed by atoms with Gasteiger partial charge in [0.2, 0.25) is 6.29 Å². The first-order chi connectivity index (χ1) is 20.9. The Kier molecular flexibility index (Phi) is 8.33. The van der Waals surface area contributed by atoms with Crippen LogP contribution in [0.4, 0.5) is 0 Å². The third-order valence-electron chi connectivity index (χ3n) is 6.77. The van der Waals surface area contributed by atoms with Gasteiger partial charge in [0.15, 0.2) is 40.3 Å². The van der Waals surface area contributed by atoms with Crippen molar-refractivity contribution in [3.05, 3.63) is 76.5 Å². The van der Waals surface area contributed by atoms with Gasteiger partial charge in [-0.3, -0.25) is 4.79 Å². The minimum Gasteiger partial charge on any atom is -0.508 e. The van der Waals surface area contributed by atoms with E-state index in [2.05, 4.69) is 0 Å². The fraction of sp³-hybridized carbons (Fsp3) is 0.200. The van der Waals surface area contributed by atoms with Crippen molar-refractivity contribution >= 4 is 12.0 Å². The van der Waals surface area contributed by atoms with E-state index in [1.807, 2.05) is 0 Å². The highest BCUT2D eigenvalue weighted by molar-refractivity contribution is 5.88. The van der Waals surface area contributed by atoms with E-state index in [1.54, 1.807) is 12.1 Å². The molecule has 230 valence electrons. The second kappa shape index (κ2) is 12.1. The molecule has 0 radical (unpaired) electrons. The maximum absolute atomic E-state index is 12.0. The molecule has 2 aromatic carbocycles. The molecular weight excluding hydrogens is 584 g/mol. The van der Waals surface area contributed by atoms with E-state index in [0.29, 0.717) is 5.56 Å². The van der Waals surface area contributed by atoms with Gasteiger partial charge in [0.25, 0.3) is 6.10 Å². The molecule has 14 nitrogen and oxygen atoms in total. The first-order valence-corrected chi connectivity index (χ1v) is 13.0. The first kappa shape index (κ1) is 30.2. The molecule has 2 aromatic rings. The topological polar surface area (TPSA) is 241 Å². The van der Waals surface area contributed by atoms with Crippen molar-refractivity contribution in [2.45, 2.75) is 30.7 Å². The van der Waals surface area contributed by atoms with Crippen LogP contribution in [0.3, 0.4) is 0 Å². The Morgan fingerprint density at radius 1 is 0.909 bits per heavy atom. The third-order valence-corrected chi connectivity index (χ3v) is 6.77. The van der Waals surface area contributed by atoms with Crippen LogP contribution in [-0.4, -0.2) is 88.9 Å². The summed E-state index contributed by atoms with van der Waals surface area (Å²) in [6.45, 7) is -0.764. The van der Waals surface area contributed by atoms with Gasteiger partial charge in [-0.25, -0.2) is 0 Å². The lowest BCUT2D eigenvalue weighted by molar-refractivity contribution is -0.275. The molecule has 5 atom stereocenters. The minimum atomic E-state index is -1.83. The van der Waals surface area contributed by atoms with Gasteiger partial charge in [-0.1, -0.05) is 12.1 Å². The van der Waals surface area contributed by atoms with Gasteiger partial charge < -0.3 is 64.3 Å². The molecule has 2 aliphatic heterocycles. The number of phenolic OH excluding ortho intramolecular Hbond substituents is 5. The van der Waals surface area contributed by atoms with Gasteiger partial charge in [0.1, 0.15) is 29.5 Å². The Morgan fingerprint density at radius 3 is 2.25 bits per heavy atom. The maximum atomic E-state index is 12.0. The van der Waals surface area contributed by atoms with Crippen LogP contribution in [0.15, 0.2) is 69.9 Å². The predicted octanol–water partition coefficient (Wildman–Crippen LogP) is 1.36. The molecule has 0 aromatic heterocycles. The molecule has 2 heterocycles. The molecule has 44 heavy (non-hydrogen) atoms. The molecule has 0 unspecified atom stereocenters. The second-order valence-corrected chi connectivity index (χ2v) is 9.83. The molecule has 0 bridgehead atoms. The second-order valence-electron chi connectivity index (χ2n) is 9.83. The van der Waals surface area contributed by atoms with Crippen molar-refractivity contribution < 1.29 is 64.3 Å². The van der Waals surface area contributed by atoms with Crippen LogP contribution in [0, 0.1) is 0 Å². The van der Waals surface area contributed by atoms with E-state index in [1.165, 1.54) is 24.3 Å². The van der Waals surface area contributed by atoms with E-state index in [0.717, 1.165) is 30.3 Å². The van der Waals surface area contributed by atoms with Crippen LogP contribution in [0.1, 0.15) is 5.56 Å². The summed E-state index contributed by atoms with van der Waals surface area (Å²) in [5.41, 5.74) is -0.117. The van der Waals surface area contributed by atoms with Crippen LogP contribution in [-0.2, 0) is 9.47 Å². The number of hydrogen-bond acceptors (Lipinski definition) is 13. The lowest BCUT2D eigenvalue weighted by atomic mass is 9.98. The SMILES string of the molecule is O=c1cc2oc(-c3cc(O)c(O)c(O)c3)c(O[C@@H]3O[C@H](CO)[C@@H](O)[C@H](OC(=[OH+])C=Cc4ccc(O)cc4)[C@H]3O)cc-2c(O)c1. The molecule has 5 rings (SSSR count). The van der Waals surface area contributed by atoms with E-state index in [9.17, 15) is 50.4 Å². The number of rotatable bonds is 7. The standard InChI is InChI=1S/C30H26O14/c31-12-23-26(39)29(44-24(37)6-3-13-1-4-15(32)5-2-13)27(40)30(43-23)42-22-11-17-18(34)9-16(33)10-21(17)41-28(22)14-7-19(35)25(38)20(36)8-14/h1-11,23,26-27,29-32,34-36,38-40H,12H2/p+1/t23-,26-,27-,29+,30-/m1/s1. The van der Waals surface area contributed by atoms with Crippen molar-refractivity contribution in [1.82, 2.24) is 0 Å². The molecular formula is C30H27O14+. The largest absolute Gasteiger partial charge is 0.510 e. The Balaban J connectivity index is 1.49. The fourth-order valence-corrected chi connectivity index (χ4v) is 4.54. The highest BCUT2D eigenvalue weighted by Crippen LogP contribution is 2.45. The number of esters is 1. The maximum Gasteiger partial charge on any atom is 0.510 e. The molecule has 0 saturated carbocycles. The van der Waals surface area contributed by atoms with Crippen LogP contribution in [0.2, 0.25) is 0 Å². The number of benzene rings is 3. The van der Waals surface area contributed by atoms with E-state index >= 15 is 0 Å². The quantitative estimate of drug-likeness (QED) is 0.0638. The molecule has 3 aliphatic rings. The number of hydrogen-bond donors (Lipinski definition) is 8. The van der Waals surface area contributed by atoms with Gasteiger partial charge in [0.05, 0.1) is 18.2 Å². The first-order valence-electron chi connectivity index (χ1n) is 13.0. The van der Waals surface area contributed by atoms with Crippen LogP contribution >= 0.6 is 0 Å². The minimum absolute atomic E-state index is 0.0160. The zero-order chi connectivity index (χ0) is 31.7. The Bertz CT molecular complexity index is 1700. The summed E-state index contributed by atoms with van der Waals surface area (Å²) in [6, 6.07) is 11.1. The van der Waals surface area contributed by atoms with E-state index in [4.69, 9.17) is 18.6 Å². The van der Waals surface area contributed by atoms with Crippen molar-refractivity contribution in [2.75, 3.05) is 6.61 Å². The summed E-state index contributed by atoms with van der Waals surface area (Å²) in [5, 5.41) is 81.4. The highest BCUT2D eigenvalue weighted by atomic mass is 16.7. The molecule has 1 saturated heterocycles. The fourth-order valence-electron chi connectivity index (χ4n) is 4.54. The molecule has 0 amide bonds. The summed E-state index contributed by atoms with van der Waals surface area (Å²) < 4.78 is 22.6. The van der Waals surface area contributed by atoms with Crippen molar-refractivity contribution in [1.29, 1.82) is 0 Å². The van der Waals surface area contributed by atoms with Gasteiger partial charge in [-0.15, -0.1) is 0 Å². The predicted molar refractivity (Wildman–Crippen MR) is 151 cm³/mol. The summed E-state index contributed by atoms with van der Waals surface area (Å²) in [4.78, 5) is 22.4. The molecule has 9 N–H and O–H groups in total. The molecule has 14 heteroatoms. The number of fused-ring (bicyclic) bond motifs is 1. The molecule has 1 aliphatic carbocycles. The van der Waals surface area contributed by atoms with Gasteiger partial charge in [-0.05, 0) is 42.0 Å². The Labute approximate surface area is 247 Å². The normalized spacial score (nSPS) is 21.8. The van der Waals surface area contributed by atoms with Crippen molar-refractivity contribution in [3.8, 4) is 57.1 Å². The Morgan fingerprint density at radius 2 is 1.59 bits per heavy atom. The smallest absolute Gasteiger partial charge is 0.508 e. The van der Waals surface area contributed by atoms with Crippen molar-refractivity contribution in [2.24, 2.45) is 0 Å². The van der Waals surface area contributed by atoms with E-state index < -0.39 is 71.7 Å². The third kappa shape index (κ3) is 6.09. The molecule has 0 spiro atoms. The van der Waals surface area contributed by atoms with Crippen LogP contribution in [0.5, 0.6) is 34.5 Å². The van der Waals surface area contributed by atoms with Crippen molar-refractivity contribution in [3.63, 3.8) is 0 Å². The molecule has 1 fully saturated rings. The number of carbonyl (C=O) groups excluding carboxylic acids is 1. The average molecular weight is 612 g/mol. The van der Waals surface area contributed by atoms with Gasteiger partial charge in [0, 0.05) is 17.7 Å². The highest BCUT2D eigenvalue weighted by Gasteiger charge is 2.51. The lowest BCUT2D eigenvalue weighted by Gasteiger charge is -2.38. The number of ether oxygens (including phenoxy) is 3. The van der Waals surface area contributed by atoms with Crippen LogP contribution in [0.25, 0.3) is 28.7 Å². The Hall–Kier alpha value is -5.28. The zero-order valence-electron chi connectivity index (χ0n) is 22.5. The van der Waals surface area contributed by atoms with Crippen LogP contribution < -0.4 is 10.2 Å². The summed E-state index contributed by atoms with van der Waals surface area (Å²) in [6.07, 6.45) is -5.67. The lowest BCUT2D eigenvalue weighted by Crippen LogP contribution is -2.61. The summed E-state index contributed by atoms with van der Waals surface area (Å²) in [5.74, 6) is -4.15. The number of aromatic hydroxyl groups is 5. The van der Waals surface area contributed by atoms with Gasteiger partial charge >= 0.3 is 5.97 Å². The number of aliphatic hydroxyl groups is 3.